The summed E-state index contributed by atoms with van der Waals surface area (Å²) in [6.45, 7) is 1.76. The van der Waals surface area contributed by atoms with Crippen molar-refractivity contribution in [2.45, 2.75) is 19.0 Å². The Bertz CT molecular complexity index is 467. The van der Waals surface area contributed by atoms with E-state index in [2.05, 4.69) is 16.4 Å². The number of methoxy groups -OCH3 is 1. The molecule has 7 heteroatoms. The van der Waals surface area contributed by atoms with Gasteiger partial charge in [-0.3, -0.25) is 5.01 Å². The molecular weight excluding hydrogens is 472 g/mol. The van der Waals surface area contributed by atoms with Crippen molar-refractivity contribution in [3.63, 3.8) is 0 Å². The number of carboxylic acid groups (broad SMARTS) is 1. The quantitative estimate of drug-likeness (QED) is 0.662. The minimum absolute atomic E-state index is 0. The number of carboxylic acids is 1. The van der Waals surface area contributed by atoms with Gasteiger partial charge in [0.25, 0.3) is 0 Å². The van der Waals surface area contributed by atoms with Crippen LogP contribution < -0.4 is 9.75 Å². The minimum Gasteiger partial charge on any atom is -0.522 e. The molecule has 1 aromatic rings. The Morgan fingerprint density at radius 1 is 1.58 bits per heavy atom. The molecule has 100 valence electrons. The van der Waals surface area contributed by atoms with Crippen molar-refractivity contribution in [1.82, 2.24) is 0 Å². The van der Waals surface area contributed by atoms with E-state index in [0.29, 0.717) is 11.4 Å². The summed E-state index contributed by atoms with van der Waals surface area (Å²) in [5.41, 5.74) is 0.643. The van der Waals surface area contributed by atoms with Crippen LogP contribution in [-0.2, 0) is 4.79 Å². The van der Waals surface area contributed by atoms with Crippen LogP contribution in [0.3, 0.4) is 0 Å². The van der Waals surface area contributed by atoms with Gasteiger partial charge in [0.15, 0.2) is 6.04 Å². The second-order valence-electron chi connectivity index (χ2n) is 3.69. The summed E-state index contributed by atoms with van der Waals surface area (Å²) >= 11 is 0. The van der Waals surface area contributed by atoms with Crippen LogP contribution >= 0.6 is 0 Å². The smallest absolute Gasteiger partial charge is 0.522 e. The van der Waals surface area contributed by atoms with Crippen molar-refractivity contribution in [3.05, 3.63) is 31.7 Å². The number of nitrogens with zero attached hydrogens (tertiary/aromatic N) is 3. The summed E-state index contributed by atoms with van der Waals surface area (Å²) in [6.07, 6.45) is 0. The first-order chi connectivity index (χ1) is 8.13. The van der Waals surface area contributed by atoms with E-state index in [9.17, 15) is 4.79 Å². The zero-order valence-electron chi connectivity index (χ0n) is 11.0. The fourth-order valence-corrected chi connectivity index (χ4v) is 1.64. The molecule has 2 unspecified atom stereocenters. The van der Waals surface area contributed by atoms with Crippen LogP contribution in [0, 0.1) is 44.6 Å². The third kappa shape index (κ3) is 3.71. The molecule has 0 aromatic heterocycles. The summed E-state index contributed by atoms with van der Waals surface area (Å²) in [7, 11) is 1.56. The van der Waals surface area contributed by atoms with Gasteiger partial charge in [-0.25, -0.2) is 4.79 Å². The Kier molecular flexibility index (Phi) is 7.09. The topological polar surface area (TPSA) is 74.5 Å². The van der Waals surface area contributed by atoms with Crippen molar-refractivity contribution >= 4 is 11.7 Å². The van der Waals surface area contributed by atoms with E-state index >= 15 is 0 Å². The van der Waals surface area contributed by atoms with E-state index in [-0.39, 0.29) is 44.6 Å². The van der Waals surface area contributed by atoms with Crippen molar-refractivity contribution in [2.75, 3.05) is 12.1 Å². The van der Waals surface area contributed by atoms with Gasteiger partial charge in [0.2, 0.25) is 0 Å². The van der Waals surface area contributed by atoms with Crippen LogP contribution in [0.4, 0.5) is 5.69 Å². The molecule has 0 amide bonds. The summed E-state index contributed by atoms with van der Waals surface area (Å²) in [4.78, 5) is 10.9. The van der Waals surface area contributed by atoms with Gasteiger partial charge in [0, 0.05) is 5.75 Å². The third-order valence-electron chi connectivity index (χ3n) is 2.61. The van der Waals surface area contributed by atoms with E-state index in [1.807, 2.05) is 0 Å². The third-order valence-corrected chi connectivity index (χ3v) is 2.61. The monoisotopic (exact) mass is 487 g/mol. The fraction of sp³-hybridized carbons (Fsp3) is 0.333. The second-order valence-corrected chi connectivity index (χ2v) is 3.69. The van der Waals surface area contributed by atoms with Gasteiger partial charge in [0.05, 0.1) is 13.2 Å². The van der Waals surface area contributed by atoms with E-state index in [4.69, 9.17) is 9.84 Å². The number of hydrogen-bond acceptors (Lipinski definition) is 5. The summed E-state index contributed by atoms with van der Waals surface area (Å²) in [5, 5.41) is 18.0. The Morgan fingerprint density at radius 2 is 2.26 bits per heavy atom. The van der Waals surface area contributed by atoms with E-state index in [0.717, 1.165) is 0 Å². The molecule has 0 spiro atoms. The van der Waals surface area contributed by atoms with Crippen LogP contribution in [-0.4, -0.2) is 30.3 Å². The number of ether oxygens (including phenoxy) is 1. The standard InChI is InChI=1S/C11H12N3O3.CH3.U/c1-7-10(11(15)16)12-13-14(7)8-4-3-5-9(6-8)17-2;;/h3,5-7,10H,1-2H3,(H,15,16);1H3;/q2*-1;+2. The Morgan fingerprint density at radius 3 is 2.79 bits per heavy atom. The van der Waals surface area contributed by atoms with Crippen LogP contribution in [0.15, 0.2) is 28.5 Å². The Hall–Kier alpha value is -1.06. The zero-order valence-corrected chi connectivity index (χ0v) is 15.2. The average Bonchev–Trinajstić information content (AvgIpc) is 2.71. The number of rotatable bonds is 3. The fourth-order valence-electron chi connectivity index (χ4n) is 1.64. The SMILES string of the molecule is COc1cc[c-]c(N2N=NC(C(=O)O)C2C)c1.[CH3-].[U+2]. The maximum Gasteiger partial charge on any atom is 2.00 e. The molecule has 0 radical (unpaired) electrons. The van der Waals surface area contributed by atoms with Gasteiger partial charge in [-0.1, -0.05) is 5.22 Å². The average molecular weight is 487 g/mol. The molecular formula is C12H15N3O3U. The second kappa shape index (κ2) is 7.51. The first kappa shape index (κ1) is 17.9. The predicted molar refractivity (Wildman–Crippen MR) is 66.5 cm³/mol. The predicted octanol–water partition coefficient (Wildman–Crippen LogP) is 1.97. The van der Waals surface area contributed by atoms with Crippen molar-refractivity contribution in [2.24, 2.45) is 10.3 Å². The largest absolute Gasteiger partial charge is 2.00 e. The van der Waals surface area contributed by atoms with Gasteiger partial charge in [-0.15, -0.1) is 12.1 Å². The Labute approximate surface area is 136 Å². The van der Waals surface area contributed by atoms with Gasteiger partial charge in [-0.05, 0) is 12.6 Å². The zero-order chi connectivity index (χ0) is 12.4. The van der Waals surface area contributed by atoms with Crippen molar-refractivity contribution in [1.29, 1.82) is 0 Å². The summed E-state index contributed by atoms with van der Waals surface area (Å²) in [6, 6.07) is 6.99. The molecule has 1 N–H and O–H groups in total. The molecule has 1 heterocycles. The molecule has 2 atom stereocenters. The maximum absolute atomic E-state index is 10.9. The van der Waals surface area contributed by atoms with Crippen molar-refractivity contribution < 1.29 is 45.8 Å². The molecule has 1 aliphatic rings. The van der Waals surface area contributed by atoms with Crippen molar-refractivity contribution in [3.8, 4) is 5.75 Å². The van der Waals surface area contributed by atoms with Gasteiger partial charge in [-0.2, -0.15) is 17.2 Å². The van der Waals surface area contributed by atoms with Gasteiger partial charge >= 0.3 is 37.1 Å². The van der Waals surface area contributed by atoms with Crippen LogP contribution in [0.5, 0.6) is 5.75 Å². The van der Waals surface area contributed by atoms with Gasteiger partial charge in [0.1, 0.15) is 0 Å². The van der Waals surface area contributed by atoms with E-state index < -0.39 is 12.0 Å². The summed E-state index contributed by atoms with van der Waals surface area (Å²) in [5.74, 6) is -0.313. The molecule has 19 heavy (non-hydrogen) atoms. The van der Waals surface area contributed by atoms with Crippen LogP contribution in [0.25, 0.3) is 0 Å². The number of carbonyl (C=O) groups is 1. The molecule has 0 aliphatic carbocycles. The molecule has 6 nitrogen and oxygen atoms in total. The molecule has 1 aliphatic heterocycles. The molecule has 0 fully saturated rings. The normalized spacial score (nSPS) is 20.4. The Balaban J connectivity index is 0.00000162. The molecule has 0 saturated heterocycles. The number of hydrogen-bond donors (Lipinski definition) is 1. The van der Waals surface area contributed by atoms with Crippen LogP contribution in [0.1, 0.15) is 6.92 Å². The summed E-state index contributed by atoms with van der Waals surface area (Å²) < 4.78 is 5.09. The van der Waals surface area contributed by atoms with Gasteiger partial charge < -0.3 is 17.3 Å². The first-order valence-corrected chi connectivity index (χ1v) is 5.12. The minimum atomic E-state index is -0.980. The number of benzene rings is 1. The van der Waals surface area contributed by atoms with E-state index in [1.54, 1.807) is 32.2 Å². The molecule has 1 aromatic carbocycles. The molecule has 0 saturated carbocycles. The molecule has 0 bridgehead atoms. The molecule has 2 rings (SSSR count). The first-order valence-electron chi connectivity index (χ1n) is 5.12. The number of anilines is 1. The maximum atomic E-state index is 10.9. The van der Waals surface area contributed by atoms with Crippen LogP contribution in [0.2, 0.25) is 0 Å². The number of aliphatic carboxylic acids is 1. The van der Waals surface area contributed by atoms with E-state index in [1.165, 1.54) is 5.01 Å².